The van der Waals surface area contributed by atoms with Gasteiger partial charge in [-0.3, -0.25) is 0 Å². The summed E-state index contributed by atoms with van der Waals surface area (Å²) in [6.45, 7) is 7.67. The van der Waals surface area contributed by atoms with E-state index < -0.39 is 0 Å². The van der Waals surface area contributed by atoms with E-state index in [1.165, 1.54) is 51.5 Å². The standard InChI is InChI=1S/C18H24N2S/c1-4-11-19-17(14-8-5-7-12(2)13(14)3)18-20-15-9-6-10-16(15)21-18/h5,7-8,17,19H,4,6,9-11H2,1-3H3. The van der Waals surface area contributed by atoms with Crippen molar-refractivity contribution in [3.8, 4) is 0 Å². The molecule has 0 aliphatic heterocycles. The van der Waals surface area contributed by atoms with Gasteiger partial charge in [-0.05, 0) is 62.8 Å². The monoisotopic (exact) mass is 300 g/mol. The number of hydrogen-bond donors (Lipinski definition) is 1. The van der Waals surface area contributed by atoms with Crippen LogP contribution in [-0.2, 0) is 12.8 Å². The zero-order chi connectivity index (χ0) is 14.8. The van der Waals surface area contributed by atoms with Crippen molar-refractivity contribution >= 4 is 11.3 Å². The summed E-state index contributed by atoms with van der Waals surface area (Å²) >= 11 is 1.92. The van der Waals surface area contributed by atoms with Gasteiger partial charge in [-0.15, -0.1) is 11.3 Å². The Balaban J connectivity index is 1.98. The zero-order valence-corrected chi connectivity index (χ0v) is 14.0. The molecule has 3 heteroatoms. The third-order valence-corrected chi connectivity index (χ3v) is 5.64. The molecule has 2 aromatic rings. The lowest BCUT2D eigenvalue weighted by Gasteiger charge is -2.20. The number of benzene rings is 1. The van der Waals surface area contributed by atoms with E-state index in [1.807, 2.05) is 11.3 Å². The fraction of sp³-hybridized carbons (Fsp3) is 0.500. The van der Waals surface area contributed by atoms with Gasteiger partial charge in [0, 0.05) is 4.88 Å². The number of hydrogen-bond acceptors (Lipinski definition) is 3. The van der Waals surface area contributed by atoms with Crippen molar-refractivity contribution in [3.63, 3.8) is 0 Å². The number of thiazole rings is 1. The summed E-state index contributed by atoms with van der Waals surface area (Å²) in [7, 11) is 0. The van der Waals surface area contributed by atoms with Gasteiger partial charge in [0.1, 0.15) is 5.01 Å². The third kappa shape index (κ3) is 2.90. The molecular weight excluding hydrogens is 276 g/mol. The van der Waals surface area contributed by atoms with E-state index in [1.54, 1.807) is 0 Å². The molecule has 1 heterocycles. The van der Waals surface area contributed by atoms with Crippen LogP contribution in [0, 0.1) is 13.8 Å². The molecule has 3 rings (SSSR count). The number of rotatable bonds is 5. The van der Waals surface area contributed by atoms with E-state index in [4.69, 9.17) is 4.98 Å². The van der Waals surface area contributed by atoms with Crippen LogP contribution >= 0.6 is 11.3 Å². The minimum Gasteiger partial charge on any atom is -0.304 e. The Hall–Kier alpha value is -1.19. The highest BCUT2D eigenvalue weighted by atomic mass is 32.1. The first kappa shape index (κ1) is 14.7. The second-order valence-corrected chi connectivity index (χ2v) is 7.07. The van der Waals surface area contributed by atoms with Gasteiger partial charge in [-0.25, -0.2) is 4.98 Å². The van der Waals surface area contributed by atoms with Crippen LogP contribution in [0.4, 0.5) is 0 Å². The average Bonchev–Trinajstić information content (AvgIpc) is 3.05. The smallest absolute Gasteiger partial charge is 0.115 e. The van der Waals surface area contributed by atoms with E-state index in [-0.39, 0.29) is 6.04 Å². The third-order valence-electron chi connectivity index (χ3n) is 4.42. The Morgan fingerprint density at radius 1 is 1.29 bits per heavy atom. The topological polar surface area (TPSA) is 24.9 Å². The van der Waals surface area contributed by atoms with Gasteiger partial charge in [-0.1, -0.05) is 25.1 Å². The van der Waals surface area contributed by atoms with Gasteiger partial charge in [0.15, 0.2) is 0 Å². The van der Waals surface area contributed by atoms with E-state index in [0.717, 1.165) is 13.0 Å². The summed E-state index contributed by atoms with van der Waals surface area (Å²) in [5.74, 6) is 0. The molecule has 112 valence electrons. The molecule has 0 radical (unpaired) electrons. The molecule has 1 atom stereocenters. The van der Waals surface area contributed by atoms with Crippen LogP contribution in [-0.4, -0.2) is 11.5 Å². The first-order valence-corrected chi connectivity index (χ1v) is 8.80. The van der Waals surface area contributed by atoms with Gasteiger partial charge in [0.2, 0.25) is 0 Å². The van der Waals surface area contributed by atoms with E-state index in [9.17, 15) is 0 Å². The molecule has 1 aliphatic rings. The number of aromatic nitrogens is 1. The second-order valence-electron chi connectivity index (χ2n) is 5.95. The lowest BCUT2D eigenvalue weighted by Crippen LogP contribution is -2.24. The van der Waals surface area contributed by atoms with Crippen LogP contribution in [0.5, 0.6) is 0 Å². The molecule has 0 spiro atoms. The fourth-order valence-corrected chi connectivity index (χ4v) is 4.29. The molecule has 2 nitrogen and oxygen atoms in total. The summed E-state index contributed by atoms with van der Waals surface area (Å²) < 4.78 is 0. The minimum absolute atomic E-state index is 0.250. The average molecular weight is 300 g/mol. The number of nitrogens with one attached hydrogen (secondary N) is 1. The molecule has 1 aromatic heterocycles. The van der Waals surface area contributed by atoms with Gasteiger partial charge >= 0.3 is 0 Å². The van der Waals surface area contributed by atoms with Crippen LogP contribution in [0.15, 0.2) is 18.2 Å². The molecular formula is C18H24N2S. The van der Waals surface area contributed by atoms with E-state index in [0.29, 0.717) is 0 Å². The zero-order valence-electron chi connectivity index (χ0n) is 13.2. The lowest BCUT2D eigenvalue weighted by atomic mass is 9.97. The second kappa shape index (κ2) is 6.29. The Kier molecular flexibility index (Phi) is 4.41. The quantitative estimate of drug-likeness (QED) is 0.888. The fourth-order valence-electron chi connectivity index (χ4n) is 3.04. The minimum atomic E-state index is 0.250. The van der Waals surface area contributed by atoms with Crippen LogP contribution in [0.25, 0.3) is 0 Å². The van der Waals surface area contributed by atoms with Crippen molar-refractivity contribution in [2.45, 2.75) is 52.5 Å². The summed E-state index contributed by atoms with van der Waals surface area (Å²) in [5, 5.41) is 4.96. The largest absolute Gasteiger partial charge is 0.304 e. The molecule has 1 aromatic carbocycles. The highest BCUT2D eigenvalue weighted by molar-refractivity contribution is 7.11. The molecule has 0 saturated heterocycles. The molecule has 0 amide bonds. The van der Waals surface area contributed by atoms with Crippen LogP contribution in [0.1, 0.15) is 58.1 Å². The molecule has 1 N–H and O–H groups in total. The van der Waals surface area contributed by atoms with Crippen molar-refractivity contribution in [1.82, 2.24) is 10.3 Å². The van der Waals surface area contributed by atoms with Crippen molar-refractivity contribution in [2.75, 3.05) is 6.54 Å². The first-order valence-electron chi connectivity index (χ1n) is 7.98. The molecule has 1 aliphatic carbocycles. The molecule has 1 unspecified atom stereocenters. The Labute approximate surface area is 131 Å². The molecule has 0 saturated carbocycles. The number of aryl methyl sites for hydroxylation is 3. The van der Waals surface area contributed by atoms with Gasteiger partial charge < -0.3 is 5.32 Å². The molecule has 0 bridgehead atoms. The van der Waals surface area contributed by atoms with Gasteiger partial charge in [0.25, 0.3) is 0 Å². The highest BCUT2D eigenvalue weighted by Crippen LogP contribution is 2.34. The SMILES string of the molecule is CCCNC(c1nc2c(s1)CCC2)c1cccc(C)c1C. The number of fused-ring (bicyclic) bond motifs is 1. The van der Waals surface area contributed by atoms with Crippen molar-refractivity contribution in [1.29, 1.82) is 0 Å². The Morgan fingerprint density at radius 3 is 2.90 bits per heavy atom. The lowest BCUT2D eigenvalue weighted by molar-refractivity contribution is 0.592. The Bertz CT molecular complexity index is 609. The van der Waals surface area contributed by atoms with Crippen molar-refractivity contribution in [3.05, 3.63) is 50.5 Å². The summed E-state index contributed by atoms with van der Waals surface area (Å²) in [5.41, 5.74) is 5.49. The predicted octanol–water partition coefficient (Wildman–Crippen LogP) is 4.34. The summed E-state index contributed by atoms with van der Waals surface area (Å²) in [4.78, 5) is 6.46. The van der Waals surface area contributed by atoms with Crippen molar-refractivity contribution < 1.29 is 0 Å². The van der Waals surface area contributed by atoms with Crippen LogP contribution in [0.3, 0.4) is 0 Å². The maximum absolute atomic E-state index is 4.95. The summed E-state index contributed by atoms with van der Waals surface area (Å²) in [6, 6.07) is 6.86. The summed E-state index contributed by atoms with van der Waals surface area (Å²) in [6.07, 6.45) is 4.82. The van der Waals surface area contributed by atoms with Gasteiger partial charge in [-0.2, -0.15) is 0 Å². The van der Waals surface area contributed by atoms with Crippen LogP contribution in [0.2, 0.25) is 0 Å². The predicted molar refractivity (Wildman–Crippen MR) is 90.2 cm³/mol. The maximum Gasteiger partial charge on any atom is 0.115 e. The molecule has 21 heavy (non-hydrogen) atoms. The van der Waals surface area contributed by atoms with Crippen molar-refractivity contribution in [2.24, 2.45) is 0 Å². The Morgan fingerprint density at radius 2 is 2.14 bits per heavy atom. The maximum atomic E-state index is 4.95. The number of nitrogens with zero attached hydrogens (tertiary/aromatic N) is 1. The first-order chi connectivity index (χ1) is 10.2. The van der Waals surface area contributed by atoms with E-state index in [2.05, 4.69) is 44.3 Å². The van der Waals surface area contributed by atoms with E-state index >= 15 is 0 Å². The normalized spacial score (nSPS) is 15.2. The highest BCUT2D eigenvalue weighted by Gasteiger charge is 2.24. The van der Waals surface area contributed by atoms with Crippen LogP contribution < -0.4 is 5.32 Å². The van der Waals surface area contributed by atoms with Gasteiger partial charge in [0.05, 0.1) is 11.7 Å². The molecule has 0 fully saturated rings.